The van der Waals surface area contributed by atoms with Crippen LogP contribution in [0.25, 0.3) is 0 Å². The van der Waals surface area contributed by atoms with Gasteiger partial charge in [0.05, 0.1) is 17.5 Å². The van der Waals surface area contributed by atoms with E-state index in [9.17, 15) is 9.59 Å². The van der Waals surface area contributed by atoms with E-state index in [1.165, 1.54) is 11.2 Å². The molecule has 0 unspecified atom stereocenters. The van der Waals surface area contributed by atoms with Crippen molar-refractivity contribution in [3.05, 3.63) is 54.0 Å². The van der Waals surface area contributed by atoms with Crippen molar-refractivity contribution in [2.75, 3.05) is 32.1 Å². The molecular formula is C19H26ClN3O3. The Kier molecular flexibility index (Phi) is 7.41. The van der Waals surface area contributed by atoms with Gasteiger partial charge in [0.15, 0.2) is 5.76 Å². The lowest BCUT2D eigenvalue weighted by Gasteiger charge is -2.30. The molecule has 0 aliphatic heterocycles. The van der Waals surface area contributed by atoms with Gasteiger partial charge in [-0.15, -0.1) is 12.4 Å². The molecule has 0 spiro atoms. The Labute approximate surface area is 160 Å². The topological polar surface area (TPSA) is 79.8 Å². The number of nitrogens with zero attached hydrogens (tertiary/aromatic N) is 2. The van der Waals surface area contributed by atoms with Gasteiger partial charge in [-0.25, -0.2) is 0 Å². The molecule has 1 aromatic heterocycles. The highest BCUT2D eigenvalue weighted by Crippen LogP contribution is 2.24. The van der Waals surface area contributed by atoms with E-state index in [1.807, 2.05) is 13.8 Å². The summed E-state index contributed by atoms with van der Waals surface area (Å²) >= 11 is 0. The van der Waals surface area contributed by atoms with Crippen molar-refractivity contribution in [1.29, 1.82) is 0 Å². The first-order valence-corrected chi connectivity index (χ1v) is 8.13. The van der Waals surface area contributed by atoms with Gasteiger partial charge in [0.1, 0.15) is 0 Å². The highest BCUT2D eigenvalue weighted by Gasteiger charge is 2.26. The van der Waals surface area contributed by atoms with Crippen molar-refractivity contribution in [3.8, 4) is 0 Å². The summed E-state index contributed by atoms with van der Waals surface area (Å²) < 4.78 is 5.17. The zero-order chi connectivity index (χ0) is 18.6. The molecule has 0 saturated carbocycles. The highest BCUT2D eigenvalue weighted by atomic mass is 35.5. The summed E-state index contributed by atoms with van der Waals surface area (Å²) in [7, 11) is 3.37. The van der Waals surface area contributed by atoms with E-state index in [2.05, 4.69) is 0 Å². The number of carbonyl (C=O) groups is 2. The second-order valence-corrected chi connectivity index (χ2v) is 6.89. The van der Waals surface area contributed by atoms with Crippen molar-refractivity contribution in [1.82, 2.24) is 4.90 Å². The van der Waals surface area contributed by atoms with Gasteiger partial charge in [-0.3, -0.25) is 9.59 Å². The molecule has 0 bridgehead atoms. The highest BCUT2D eigenvalue weighted by molar-refractivity contribution is 6.09. The zero-order valence-electron chi connectivity index (χ0n) is 15.6. The number of amides is 2. The molecule has 0 aliphatic carbocycles. The fourth-order valence-electron chi connectivity index (χ4n) is 2.61. The molecule has 0 aliphatic rings. The molecular weight excluding hydrogens is 354 g/mol. The van der Waals surface area contributed by atoms with Crippen molar-refractivity contribution in [3.63, 3.8) is 0 Å². The van der Waals surface area contributed by atoms with Crippen LogP contribution in [0, 0.1) is 5.41 Å². The van der Waals surface area contributed by atoms with E-state index in [4.69, 9.17) is 10.2 Å². The average Bonchev–Trinajstić information content (AvgIpc) is 3.14. The molecule has 6 nitrogen and oxygen atoms in total. The van der Waals surface area contributed by atoms with Gasteiger partial charge in [-0.05, 0) is 36.2 Å². The molecule has 1 heterocycles. The van der Waals surface area contributed by atoms with Gasteiger partial charge >= 0.3 is 0 Å². The molecule has 0 saturated heterocycles. The average molecular weight is 380 g/mol. The predicted molar refractivity (Wildman–Crippen MR) is 105 cm³/mol. The van der Waals surface area contributed by atoms with Crippen LogP contribution in [0.2, 0.25) is 0 Å². The summed E-state index contributed by atoms with van der Waals surface area (Å²) in [5.41, 5.74) is 6.57. The van der Waals surface area contributed by atoms with Crippen LogP contribution in [0.15, 0.2) is 47.1 Å². The SMILES string of the molecule is CN(CC(C)(C)CN)C(=O)c1ccccc1N(C)C(=O)c1ccco1.Cl. The minimum atomic E-state index is -0.310. The third-order valence-corrected chi connectivity index (χ3v) is 4.10. The Morgan fingerprint density at radius 2 is 1.73 bits per heavy atom. The van der Waals surface area contributed by atoms with Crippen molar-refractivity contribution in [2.45, 2.75) is 13.8 Å². The van der Waals surface area contributed by atoms with Crippen LogP contribution >= 0.6 is 12.4 Å². The smallest absolute Gasteiger partial charge is 0.293 e. The van der Waals surface area contributed by atoms with E-state index < -0.39 is 0 Å². The lowest BCUT2D eigenvalue weighted by molar-refractivity contribution is 0.0741. The molecule has 26 heavy (non-hydrogen) atoms. The minimum Gasteiger partial charge on any atom is -0.459 e. The van der Waals surface area contributed by atoms with E-state index in [1.54, 1.807) is 55.4 Å². The number of nitrogens with two attached hydrogens (primary N) is 1. The number of furan rings is 1. The second kappa shape index (κ2) is 8.87. The Bertz CT molecular complexity index is 744. The number of carbonyl (C=O) groups excluding carboxylic acids is 2. The van der Waals surface area contributed by atoms with Crippen LogP contribution in [0.3, 0.4) is 0 Å². The van der Waals surface area contributed by atoms with Gasteiger partial charge in [0, 0.05) is 20.6 Å². The normalized spacial score (nSPS) is 10.8. The number of hydrogen-bond acceptors (Lipinski definition) is 4. The summed E-state index contributed by atoms with van der Waals surface area (Å²) in [6, 6.07) is 10.3. The molecule has 142 valence electrons. The predicted octanol–water partition coefficient (Wildman–Crippen LogP) is 3.03. The van der Waals surface area contributed by atoms with Crippen LogP contribution in [0.4, 0.5) is 5.69 Å². The monoisotopic (exact) mass is 379 g/mol. The van der Waals surface area contributed by atoms with Gasteiger partial charge in [-0.1, -0.05) is 26.0 Å². The van der Waals surface area contributed by atoms with Crippen molar-refractivity contribution in [2.24, 2.45) is 11.1 Å². The van der Waals surface area contributed by atoms with Crippen LogP contribution in [-0.4, -0.2) is 43.9 Å². The Morgan fingerprint density at radius 1 is 1.08 bits per heavy atom. The standard InChI is InChI=1S/C19H25N3O3.ClH/c1-19(2,12-20)13-21(3)17(23)14-8-5-6-9-15(14)22(4)18(24)16-10-7-11-25-16;/h5-11H,12-13,20H2,1-4H3;1H. The molecule has 0 radical (unpaired) electrons. The van der Waals surface area contributed by atoms with Crippen LogP contribution in [0.5, 0.6) is 0 Å². The molecule has 0 fully saturated rings. The third-order valence-electron chi connectivity index (χ3n) is 4.10. The Morgan fingerprint density at radius 3 is 2.31 bits per heavy atom. The molecule has 2 rings (SSSR count). The summed E-state index contributed by atoms with van der Waals surface area (Å²) in [6.45, 7) is 5.01. The van der Waals surface area contributed by atoms with Crippen LogP contribution in [-0.2, 0) is 0 Å². The van der Waals surface area contributed by atoms with Gasteiger partial charge < -0.3 is 20.0 Å². The lowest BCUT2D eigenvalue weighted by atomic mass is 9.93. The van der Waals surface area contributed by atoms with E-state index in [-0.39, 0.29) is 35.4 Å². The zero-order valence-corrected chi connectivity index (χ0v) is 16.4. The number of benzene rings is 1. The van der Waals surface area contributed by atoms with Crippen LogP contribution < -0.4 is 10.6 Å². The van der Waals surface area contributed by atoms with Gasteiger partial charge in [0.2, 0.25) is 0 Å². The first-order chi connectivity index (χ1) is 11.8. The third kappa shape index (κ3) is 4.86. The van der Waals surface area contributed by atoms with Gasteiger partial charge in [0.25, 0.3) is 11.8 Å². The van der Waals surface area contributed by atoms with Crippen molar-refractivity contribution < 1.29 is 14.0 Å². The molecule has 2 N–H and O–H groups in total. The van der Waals surface area contributed by atoms with Crippen LogP contribution in [0.1, 0.15) is 34.8 Å². The first-order valence-electron chi connectivity index (χ1n) is 8.13. The summed E-state index contributed by atoms with van der Waals surface area (Å²) in [6.07, 6.45) is 1.45. The van der Waals surface area contributed by atoms with E-state index >= 15 is 0 Å². The number of hydrogen-bond donors (Lipinski definition) is 1. The number of rotatable bonds is 6. The summed E-state index contributed by atoms with van der Waals surface area (Å²) in [5, 5.41) is 0. The summed E-state index contributed by atoms with van der Waals surface area (Å²) in [4.78, 5) is 28.5. The van der Waals surface area contributed by atoms with Crippen molar-refractivity contribution >= 4 is 29.9 Å². The maximum atomic E-state index is 12.9. The molecule has 0 atom stereocenters. The summed E-state index contributed by atoms with van der Waals surface area (Å²) in [5.74, 6) is -0.242. The Balaban J connectivity index is 0.00000338. The molecule has 2 amide bonds. The lowest BCUT2D eigenvalue weighted by Crippen LogP contribution is -2.40. The quantitative estimate of drug-likeness (QED) is 0.836. The largest absolute Gasteiger partial charge is 0.459 e. The number of anilines is 1. The van der Waals surface area contributed by atoms with E-state index in [0.29, 0.717) is 24.3 Å². The maximum Gasteiger partial charge on any atom is 0.293 e. The minimum absolute atomic E-state index is 0. The number of halogens is 1. The first kappa shape index (κ1) is 21.7. The molecule has 2 aromatic rings. The Hall–Kier alpha value is -2.31. The second-order valence-electron chi connectivity index (χ2n) is 6.89. The van der Waals surface area contributed by atoms with Gasteiger partial charge in [-0.2, -0.15) is 0 Å². The van der Waals surface area contributed by atoms with E-state index in [0.717, 1.165) is 0 Å². The molecule has 1 aromatic carbocycles. The number of para-hydroxylation sites is 1. The molecule has 7 heteroatoms. The fourth-order valence-corrected chi connectivity index (χ4v) is 2.61. The maximum absolute atomic E-state index is 12.9. The fraction of sp³-hybridized carbons (Fsp3) is 0.368.